The van der Waals surface area contributed by atoms with Crippen LogP contribution in [0.3, 0.4) is 0 Å². The Bertz CT molecular complexity index is 1690. The first-order valence-corrected chi connectivity index (χ1v) is 19.0. The number of esters is 2. The van der Waals surface area contributed by atoms with Gasteiger partial charge in [-0.1, -0.05) is 27.7 Å². The van der Waals surface area contributed by atoms with E-state index in [4.69, 9.17) is 37.4 Å². The van der Waals surface area contributed by atoms with Gasteiger partial charge < -0.3 is 24.4 Å². The highest BCUT2D eigenvalue weighted by atomic mass is 35.5. The molecule has 2 rings (SSSR count). The molecule has 2 aromatic rings. The molecule has 2 aromatic carbocycles. The first-order chi connectivity index (χ1) is 26.2. The van der Waals surface area contributed by atoms with E-state index >= 15 is 0 Å². The lowest BCUT2D eigenvalue weighted by molar-refractivity contribution is -0.384. The number of hydrogen-bond donors (Lipinski definition) is 1. The fourth-order valence-electron chi connectivity index (χ4n) is 5.73. The first-order valence-electron chi connectivity index (χ1n) is 17.9. The van der Waals surface area contributed by atoms with Crippen LogP contribution in [0.15, 0.2) is 34.5 Å². The topological polar surface area (TPSA) is 210 Å². The third-order valence-electron chi connectivity index (χ3n) is 7.98. The lowest BCUT2D eigenvalue weighted by atomic mass is 9.84. The van der Waals surface area contributed by atoms with Crippen molar-refractivity contribution in [2.45, 2.75) is 79.1 Å². The van der Waals surface area contributed by atoms with Crippen molar-refractivity contribution >= 4 is 69.5 Å². The molecule has 0 saturated heterocycles. The number of azo groups is 1. The monoisotopic (exact) mass is 801 g/mol. The summed E-state index contributed by atoms with van der Waals surface area (Å²) in [5, 5.41) is 42.4. The normalized spacial score (nSPS) is 11.7. The van der Waals surface area contributed by atoms with Gasteiger partial charge in [-0.3, -0.25) is 24.5 Å². The van der Waals surface area contributed by atoms with Gasteiger partial charge in [-0.2, -0.15) is 10.5 Å². The maximum Gasteiger partial charge on any atom is 0.306 e. The summed E-state index contributed by atoms with van der Waals surface area (Å²) in [7, 11) is 1.47. The molecular formula is C38H49Cl2N7O8. The number of nitro groups is 1. The van der Waals surface area contributed by atoms with Crippen LogP contribution in [0, 0.1) is 44.1 Å². The average molecular weight is 803 g/mol. The van der Waals surface area contributed by atoms with Crippen LogP contribution in [0.4, 0.5) is 28.4 Å². The molecule has 0 aromatic heterocycles. The number of carbonyl (C=O) groups excluding carboxylic acids is 3. The first kappa shape index (κ1) is 46.2. The largest absolute Gasteiger partial charge is 0.494 e. The summed E-state index contributed by atoms with van der Waals surface area (Å²) < 4.78 is 16.3. The second-order valence-electron chi connectivity index (χ2n) is 14.0. The fraction of sp³-hybridized carbons (Fsp3) is 0.553. The number of hydrogen-bond acceptors (Lipinski definition) is 13. The number of rotatable bonds is 23. The van der Waals surface area contributed by atoms with Gasteiger partial charge in [0.05, 0.1) is 60.6 Å². The number of non-ortho nitro benzene ring substituents is 1. The number of methoxy groups -OCH3 is 1. The molecule has 1 unspecified atom stereocenters. The number of benzene rings is 2. The van der Waals surface area contributed by atoms with E-state index in [2.05, 4.69) is 36.3 Å². The van der Waals surface area contributed by atoms with Crippen LogP contribution in [-0.4, -0.2) is 67.9 Å². The van der Waals surface area contributed by atoms with E-state index in [9.17, 15) is 35.0 Å². The van der Waals surface area contributed by atoms with Gasteiger partial charge in [-0.05, 0) is 49.5 Å². The number of nitrogens with one attached hydrogen (secondary N) is 1. The minimum atomic E-state index is -0.714. The maximum atomic E-state index is 13.5. The summed E-state index contributed by atoms with van der Waals surface area (Å²) in [6.07, 6.45) is 3.59. The van der Waals surface area contributed by atoms with Crippen molar-refractivity contribution in [3.8, 4) is 17.9 Å². The van der Waals surface area contributed by atoms with E-state index in [-0.39, 0.29) is 102 Å². The highest BCUT2D eigenvalue weighted by Crippen LogP contribution is 2.41. The standard InChI is InChI=1S/C38H49Cl2N7O8/c1-26(23-38(2,3)4)18-34(48)43-30-21-32(46(14-6-8-16-54-35(49)10-12-39)15-7-9-17-55-36(50)11-13-40)33(53-5)22-31(30)44-45-37-27(24-41)19-29(47(51)52)20-28(37)25-42/h19-22,26H,6-18,23H2,1-5H3,(H,43,48). The molecular weight excluding hydrogens is 753 g/mol. The van der Waals surface area contributed by atoms with Crippen molar-refractivity contribution in [3.63, 3.8) is 0 Å². The van der Waals surface area contributed by atoms with E-state index in [1.165, 1.54) is 7.11 Å². The summed E-state index contributed by atoms with van der Waals surface area (Å²) in [5.74, 6) is -0.283. The molecule has 1 atom stereocenters. The van der Waals surface area contributed by atoms with E-state index in [0.717, 1.165) is 18.6 Å². The van der Waals surface area contributed by atoms with Crippen molar-refractivity contribution in [1.29, 1.82) is 10.5 Å². The highest BCUT2D eigenvalue weighted by molar-refractivity contribution is 6.19. The predicted octanol–water partition coefficient (Wildman–Crippen LogP) is 8.87. The molecule has 0 heterocycles. The number of anilines is 2. The summed E-state index contributed by atoms with van der Waals surface area (Å²) >= 11 is 11.3. The van der Waals surface area contributed by atoms with Gasteiger partial charge in [-0.15, -0.1) is 33.4 Å². The van der Waals surface area contributed by atoms with E-state index < -0.39 is 10.6 Å². The zero-order valence-electron chi connectivity index (χ0n) is 32.0. The number of unbranched alkanes of at least 4 members (excludes halogenated alkanes) is 2. The molecule has 0 bridgehead atoms. The van der Waals surface area contributed by atoms with Crippen molar-refractivity contribution in [2.75, 3.05) is 55.4 Å². The number of amides is 1. The molecule has 0 spiro atoms. The second-order valence-corrected chi connectivity index (χ2v) is 14.7. The number of ether oxygens (including phenoxy) is 3. The lowest BCUT2D eigenvalue weighted by Crippen LogP contribution is -2.27. The van der Waals surface area contributed by atoms with Crippen LogP contribution in [0.5, 0.6) is 5.75 Å². The highest BCUT2D eigenvalue weighted by Gasteiger charge is 2.22. The van der Waals surface area contributed by atoms with Crippen LogP contribution in [0.25, 0.3) is 0 Å². The zero-order chi connectivity index (χ0) is 41.0. The molecule has 1 amide bonds. The van der Waals surface area contributed by atoms with Gasteiger partial charge in [0, 0.05) is 49.5 Å². The van der Waals surface area contributed by atoms with Crippen molar-refractivity contribution in [1.82, 2.24) is 0 Å². The lowest BCUT2D eigenvalue weighted by Gasteiger charge is -2.28. The van der Waals surface area contributed by atoms with E-state index in [0.29, 0.717) is 50.2 Å². The Kier molecular flexibility index (Phi) is 19.9. The van der Waals surface area contributed by atoms with Crippen LogP contribution in [-0.2, 0) is 23.9 Å². The van der Waals surface area contributed by atoms with Crippen molar-refractivity contribution in [3.05, 3.63) is 45.5 Å². The quantitative estimate of drug-likeness (QED) is 0.0280. The smallest absolute Gasteiger partial charge is 0.306 e. The van der Waals surface area contributed by atoms with Gasteiger partial charge in [0.2, 0.25) is 5.91 Å². The molecule has 15 nitrogen and oxygen atoms in total. The third kappa shape index (κ3) is 16.5. The maximum absolute atomic E-state index is 13.5. The molecule has 0 aliphatic heterocycles. The number of halogens is 2. The van der Waals surface area contributed by atoms with Crippen molar-refractivity contribution < 1.29 is 33.5 Å². The van der Waals surface area contributed by atoms with Gasteiger partial charge >= 0.3 is 11.9 Å². The van der Waals surface area contributed by atoms with Gasteiger partial charge in [0.15, 0.2) is 0 Å². The summed E-state index contributed by atoms with van der Waals surface area (Å²) in [6.45, 7) is 9.70. The zero-order valence-corrected chi connectivity index (χ0v) is 33.5. The molecule has 55 heavy (non-hydrogen) atoms. The summed E-state index contributed by atoms with van der Waals surface area (Å²) in [4.78, 5) is 49.8. The molecule has 0 saturated carbocycles. The number of carbonyl (C=O) groups is 3. The predicted molar refractivity (Wildman–Crippen MR) is 209 cm³/mol. The molecule has 0 aliphatic rings. The molecule has 0 fully saturated rings. The number of alkyl halides is 2. The fourth-order valence-corrected chi connectivity index (χ4v) is 6.03. The van der Waals surface area contributed by atoms with Crippen LogP contribution >= 0.6 is 23.2 Å². The third-order valence-corrected chi connectivity index (χ3v) is 8.36. The Hall–Kier alpha value is -4.99. The average Bonchev–Trinajstić information content (AvgIpc) is 3.11. The van der Waals surface area contributed by atoms with Gasteiger partial charge in [0.25, 0.3) is 5.69 Å². The van der Waals surface area contributed by atoms with Crippen LogP contribution in [0.1, 0.15) is 90.2 Å². The Labute approximate surface area is 332 Å². The molecule has 0 radical (unpaired) electrons. The molecule has 1 N–H and O–H groups in total. The second kappa shape index (κ2) is 23.7. The summed E-state index contributed by atoms with van der Waals surface area (Å²) in [6, 6.07) is 8.96. The minimum Gasteiger partial charge on any atom is -0.494 e. The van der Waals surface area contributed by atoms with Crippen molar-refractivity contribution in [2.24, 2.45) is 21.6 Å². The number of nitriles is 2. The summed E-state index contributed by atoms with van der Waals surface area (Å²) in [5.41, 5.74) is -0.0718. The van der Waals surface area contributed by atoms with E-state index in [1.54, 1.807) is 12.1 Å². The van der Waals surface area contributed by atoms with E-state index in [1.807, 2.05) is 24.0 Å². The Morgan fingerprint density at radius 1 is 0.927 bits per heavy atom. The SMILES string of the molecule is COc1cc(N=Nc2c(C#N)cc([N+](=O)[O-])cc2C#N)c(NC(=O)CC(C)CC(C)(C)C)cc1N(CCCCOC(=O)CCCl)CCCCOC(=O)CCCl. The van der Waals surface area contributed by atoms with Crippen LogP contribution in [0.2, 0.25) is 0 Å². The number of nitrogens with zero attached hydrogens (tertiary/aromatic N) is 6. The molecule has 17 heteroatoms. The number of nitro benzene ring substituents is 1. The Balaban J connectivity index is 2.59. The van der Waals surface area contributed by atoms with Gasteiger partial charge in [-0.25, -0.2) is 0 Å². The molecule has 0 aliphatic carbocycles. The van der Waals surface area contributed by atoms with Crippen LogP contribution < -0.4 is 15.0 Å². The Morgan fingerprint density at radius 3 is 1.93 bits per heavy atom. The Morgan fingerprint density at radius 2 is 1.47 bits per heavy atom. The molecule has 298 valence electrons. The van der Waals surface area contributed by atoms with Gasteiger partial charge in [0.1, 0.15) is 29.3 Å². The minimum absolute atomic E-state index is 0.000617.